The number of aliphatic imine (C=N–C) groups is 1. The van der Waals surface area contributed by atoms with Crippen molar-refractivity contribution in [2.45, 2.75) is 6.18 Å². The van der Waals surface area contributed by atoms with Crippen LogP contribution in [0.4, 0.5) is 13.2 Å². The number of amides is 1. The summed E-state index contributed by atoms with van der Waals surface area (Å²) in [6.07, 6.45) is 1.55. The van der Waals surface area contributed by atoms with Crippen LogP contribution in [0.2, 0.25) is 0 Å². The van der Waals surface area contributed by atoms with Crippen molar-refractivity contribution in [1.82, 2.24) is 19.5 Å². The van der Waals surface area contributed by atoms with Crippen LogP contribution < -0.4 is 4.67 Å². The molecule has 33 heavy (non-hydrogen) atoms. The summed E-state index contributed by atoms with van der Waals surface area (Å²) in [5, 5.41) is 9.56. The third kappa shape index (κ3) is 4.68. The molecule has 2 aliphatic heterocycles. The lowest BCUT2D eigenvalue weighted by atomic mass is 10.0. The van der Waals surface area contributed by atoms with Crippen LogP contribution in [0.25, 0.3) is 11.3 Å². The molecule has 0 radical (unpaired) electrons. The number of nitriles is 1. The van der Waals surface area contributed by atoms with Gasteiger partial charge in [-0.05, 0) is 6.07 Å². The maximum Gasteiger partial charge on any atom is 0.434 e. The van der Waals surface area contributed by atoms with E-state index in [1.807, 2.05) is 11.0 Å². The molecule has 1 aromatic carbocycles. The smallest absolute Gasteiger partial charge is 0.353 e. The number of pyridine rings is 1. The molecule has 1 amide bonds. The number of aromatic nitrogens is 1. The van der Waals surface area contributed by atoms with Gasteiger partial charge in [-0.15, -0.1) is 0 Å². The standard InChI is InChI=1S/C23H18F3N6O/c24-23(25,26)21-18(14-17(15-27)20(30-21)16-4-2-1-3-5-16)22(33)32-12-10-31(11-13-32)19-6-7-28-8-9-29-19/h1-9,14H,10-13H2/q+1. The maximum absolute atomic E-state index is 13.9. The second kappa shape index (κ2) is 9.10. The van der Waals surface area contributed by atoms with Gasteiger partial charge in [-0.3, -0.25) is 4.79 Å². The second-order valence-electron chi connectivity index (χ2n) is 7.29. The molecule has 0 unspecified atom stereocenters. The van der Waals surface area contributed by atoms with Gasteiger partial charge < -0.3 is 9.80 Å². The van der Waals surface area contributed by atoms with E-state index in [0.29, 0.717) is 24.5 Å². The van der Waals surface area contributed by atoms with Crippen LogP contribution in [0.3, 0.4) is 0 Å². The van der Waals surface area contributed by atoms with E-state index in [-0.39, 0.29) is 24.3 Å². The molecule has 0 aliphatic carbocycles. The zero-order valence-corrected chi connectivity index (χ0v) is 17.3. The number of benzene rings is 1. The number of rotatable bonds is 3. The number of carbonyl (C=O) groups excluding carboxylic acids is 1. The van der Waals surface area contributed by atoms with Crippen molar-refractivity contribution < 1.29 is 18.0 Å². The van der Waals surface area contributed by atoms with E-state index in [1.54, 1.807) is 55.1 Å². The highest BCUT2D eigenvalue weighted by Gasteiger charge is 2.40. The lowest BCUT2D eigenvalue weighted by Gasteiger charge is -2.36. The molecule has 166 valence electrons. The van der Waals surface area contributed by atoms with Gasteiger partial charge in [0.1, 0.15) is 18.1 Å². The monoisotopic (exact) mass is 451 g/mol. The summed E-state index contributed by atoms with van der Waals surface area (Å²) in [5.41, 5.74) is -1.76. The Morgan fingerprint density at radius 1 is 1.09 bits per heavy atom. The number of allylic oxidation sites excluding steroid dienone is 1. The average Bonchev–Trinajstić information content (AvgIpc) is 3.12. The van der Waals surface area contributed by atoms with Gasteiger partial charge in [-0.2, -0.15) is 18.4 Å². The Bertz CT molecular complexity index is 1230. The first-order valence-electron chi connectivity index (χ1n) is 10.1. The number of hydrogen-bond acceptors (Lipinski definition) is 5. The molecule has 2 aromatic rings. The van der Waals surface area contributed by atoms with Crippen LogP contribution in [-0.2, 0) is 6.18 Å². The van der Waals surface area contributed by atoms with E-state index in [0.717, 1.165) is 6.07 Å². The van der Waals surface area contributed by atoms with Crippen LogP contribution >= 0.6 is 0 Å². The third-order valence-electron chi connectivity index (χ3n) is 5.25. The molecule has 0 atom stereocenters. The van der Waals surface area contributed by atoms with Crippen LogP contribution in [0.5, 0.6) is 0 Å². The highest BCUT2D eigenvalue weighted by atomic mass is 19.4. The van der Waals surface area contributed by atoms with Crippen molar-refractivity contribution in [3.63, 3.8) is 0 Å². The zero-order chi connectivity index (χ0) is 23.4. The topological polar surface area (TPSA) is 86.7 Å². The zero-order valence-electron chi connectivity index (χ0n) is 17.3. The molecule has 0 saturated carbocycles. The minimum absolute atomic E-state index is 0.0929. The molecule has 2 aliphatic rings. The lowest BCUT2D eigenvalue weighted by Crippen LogP contribution is -2.48. The normalized spacial score (nSPS) is 15.8. The fourth-order valence-electron chi connectivity index (χ4n) is 3.64. The molecule has 7 nitrogen and oxygen atoms in total. The van der Waals surface area contributed by atoms with Gasteiger partial charge >= 0.3 is 12.4 Å². The molecule has 1 aromatic heterocycles. The summed E-state index contributed by atoms with van der Waals surface area (Å²) < 4.78 is 45.6. The van der Waals surface area contributed by atoms with Gasteiger partial charge in [-0.1, -0.05) is 35.0 Å². The summed E-state index contributed by atoms with van der Waals surface area (Å²) in [5.74, 6) is -0.143. The number of nitrogens with zero attached hydrogens (tertiary/aromatic N) is 6. The predicted molar refractivity (Wildman–Crippen MR) is 118 cm³/mol. The summed E-state index contributed by atoms with van der Waals surface area (Å²) in [6.45, 7) is 1.19. The number of halogens is 3. The first kappa shape index (κ1) is 22.0. The Labute approximate surface area is 187 Å². The third-order valence-corrected chi connectivity index (χ3v) is 5.25. The van der Waals surface area contributed by atoms with Crippen LogP contribution in [0.15, 0.2) is 53.3 Å². The molecule has 1 fully saturated rings. The number of hydrogen-bond donors (Lipinski definition) is 0. The minimum atomic E-state index is -4.86. The van der Waals surface area contributed by atoms with E-state index in [1.165, 1.54) is 4.90 Å². The molecule has 0 spiro atoms. The first-order chi connectivity index (χ1) is 15.9. The molecular formula is C23H18F3N6O+. The first-order valence-corrected chi connectivity index (χ1v) is 10.1. The summed E-state index contributed by atoms with van der Waals surface area (Å²) in [7, 11) is 0. The van der Waals surface area contributed by atoms with E-state index in [9.17, 15) is 23.2 Å². The number of carbonyl (C=O) groups is 1. The van der Waals surface area contributed by atoms with E-state index >= 15 is 0 Å². The highest BCUT2D eigenvalue weighted by Crippen LogP contribution is 2.35. The van der Waals surface area contributed by atoms with Gasteiger partial charge in [0, 0.05) is 31.7 Å². The van der Waals surface area contributed by atoms with Gasteiger partial charge in [0.2, 0.25) is 0 Å². The van der Waals surface area contributed by atoms with Gasteiger partial charge in [0.15, 0.2) is 5.69 Å². The minimum Gasteiger partial charge on any atom is -0.353 e. The summed E-state index contributed by atoms with van der Waals surface area (Å²) in [6, 6.07) is 11.0. The quantitative estimate of drug-likeness (QED) is 0.672. The summed E-state index contributed by atoms with van der Waals surface area (Å²) in [4.78, 5) is 24.4. The van der Waals surface area contributed by atoms with E-state index < -0.39 is 23.3 Å². The number of alkyl halides is 3. The predicted octanol–water partition coefficient (Wildman–Crippen LogP) is 2.53. The SMILES string of the molecule is N#Cc1cc(C(=O)N2CCN(C3=CC=[N+]=CC=N3)CC2)c(C(F)(F)F)nc1-c1ccccc1. The Hall–Kier alpha value is -4.22. The molecule has 1 saturated heterocycles. The second-order valence-corrected chi connectivity index (χ2v) is 7.29. The molecule has 4 rings (SSSR count). The van der Waals surface area contributed by atoms with Crippen molar-refractivity contribution >= 4 is 24.6 Å². The van der Waals surface area contributed by atoms with Crippen LogP contribution in [-0.4, -0.2) is 65.5 Å². The maximum atomic E-state index is 13.9. The summed E-state index contributed by atoms with van der Waals surface area (Å²) >= 11 is 0. The fraction of sp³-hybridized carbons (Fsp3) is 0.217. The Kier molecular flexibility index (Phi) is 6.07. The molecule has 10 heteroatoms. The average molecular weight is 451 g/mol. The van der Waals surface area contributed by atoms with Crippen molar-refractivity contribution in [3.05, 3.63) is 65.1 Å². The van der Waals surface area contributed by atoms with Crippen molar-refractivity contribution in [3.8, 4) is 17.3 Å². The van der Waals surface area contributed by atoms with E-state index in [4.69, 9.17) is 0 Å². The van der Waals surface area contributed by atoms with Gasteiger partial charge in [-0.25, -0.2) is 9.98 Å². The Balaban J connectivity index is 1.63. The van der Waals surface area contributed by atoms with Gasteiger partial charge in [0.05, 0.1) is 22.9 Å². The van der Waals surface area contributed by atoms with E-state index in [2.05, 4.69) is 14.6 Å². The lowest BCUT2D eigenvalue weighted by molar-refractivity contribution is -0.141. The number of piperazine rings is 1. The molecule has 0 bridgehead atoms. The highest BCUT2D eigenvalue weighted by molar-refractivity contribution is 6.17. The molecular weight excluding hydrogens is 433 g/mol. The Morgan fingerprint density at radius 3 is 2.48 bits per heavy atom. The van der Waals surface area contributed by atoms with Crippen molar-refractivity contribution in [2.24, 2.45) is 4.99 Å². The largest absolute Gasteiger partial charge is 0.434 e. The van der Waals surface area contributed by atoms with Crippen molar-refractivity contribution in [2.75, 3.05) is 26.2 Å². The van der Waals surface area contributed by atoms with Crippen molar-refractivity contribution in [1.29, 1.82) is 5.26 Å². The fourth-order valence-corrected chi connectivity index (χ4v) is 3.64. The molecule has 0 N–H and O–H groups in total. The van der Waals surface area contributed by atoms with Gasteiger partial charge in [0.25, 0.3) is 12.1 Å². The van der Waals surface area contributed by atoms with Crippen LogP contribution in [0.1, 0.15) is 21.6 Å². The molecule has 3 heterocycles. The Morgan fingerprint density at radius 2 is 1.82 bits per heavy atom. The van der Waals surface area contributed by atoms with Crippen LogP contribution in [0, 0.1) is 11.3 Å².